The van der Waals surface area contributed by atoms with E-state index in [1.165, 1.54) is 6.07 Å². The fourth-order valence-electron chi connectivity index (χ4n) is 1.55. The fraction of sp³-hybridized carbons (Fsp3) is 0.500. The first-order valence-electron chi connectivity index (χ1n) is 5.30. The van der Waals surface area contributed by atoms with Crippen molar-refractivity contribution in [1.82, 2.24) is 5.32 Å². The Hall–Kier alpha value is -0.600. The molecule has 3 heteroatoms. The second-order valence-corrected chi connectivity index (χ2v) is 4.15. The van der Waals surface area contributed by atoms with Crippen LogP contribution in [0.5, 0.6) is 0 Å². The van der Waals surface area contributed by atoms with Gasteiger partial charge in [0.1, 0.15) is 5.82 Å². The quantitative estimate of drug-likeness (QED) is 0.761. The summed E-state index contributed by atoms with van der Waals surface area (Å²) in [6, 6.07) is 4.89. The Morgan fingerprint density at radius 3 is 2.80 bits per heavy atom. The molecule has 0 aliphatic rings. The van der Waals surface area contributed by atoms with Gasteiger partial charge in [0.2, 0.25) is 0 Å². The van der Waals surface area contributed by atoms with Gasteiger partial charge in [-0.15, -0.1) is 0 Å². The zero-order chi connectivity index (χ0) is 11.3. The van der Waals surface area contributed by atoms with Gasteiger partial charge >= 0.3 is 0 Å². The van der Waals surface area contributed by atoms with Gasteiger partial charge in [-0.25, -0.2) is 4.39 Å². The maximum Gasteiger partial charge on any atom is 0.128 e. The van der Waals surface area contributed by atoms with E-state index in [0.29, 0.717) is 5.02 Å². The molecule has 0 saturated carbocycles. The van der Waals surface area contributed by atoms with Crippen molar-refractivity contribution >= 4 is 11.6 Å². The zero-order valence-electron chi connectivity index (χ0n) is 9.19. The summed E-state index contributed by atoms with van der Waals surface area (Å²) >= 11 is 5.70. The third kappa shape index (κ3) is 3.80. The largest absolute Gasteiger partial charge is 0.317 e. The molecule has 0 aliphatic carbocycles. The summed E-state index contributed by atoms with van der Waals surface area (Å²) in [6.45, 7) is 5.97. The number of halogens is 2. The van der Waals surface area contributed by atoms with Crippen LogP contribution in [0.25, 0.3) is 0 Å². The lowest BCUT2D eigenvalue weighted by Crippen LogP contribution is -2.16. The van der Waals surface area contributed by atoms with E-state index in [1.807, 2.05) is 6.92 Å². The summed E-state index contributed by atoms with van der Waals surface area (Å²) in [5.41, 5.74) is 0.748. The van der Waals surface area contributed by atoms with E-state index in [2.05, 4.69) is 12.2 Å². The minimum atomic E-state index is -0.202. The highest BCUT2D eigenvalue weighted by Gasteiger charge is 2.10. The molecule has 0 fully saturated rings. The number of hydrogen-bond acceptors (Lipinski definition) is 1. The molecule has 15 heavy (non-hydrogen) atoms. The van der Waals surface area contributed by atoms with Gasteiger partial charge in [-0.3, -0.25) is 0 Å². The van der Waals surface area contributed by atoms with E-state index in [9.17, 15) is 4.39 Å². The molecule has 0 spiro atoms. The number of benzene rings is 1. The molecule has 0 radical (unpaired) electrons. The predicted octanol–water partition coefficient (Wildman–Crippen LogP) is 3.58. The molecular formula is C12H17ClFN. The first-order valence-corrected chi connectivity index (χ1v) is 5.68. The molecular weight excluding hydrogens is 213 g/mol. The minimum absolute atomic E-state index is 0.202. The predicted molar refractivity (Wildman–Crippen MR) is 63.0 cm³/mol. The SMILES string of the molecule is CCNCCC(C)c1ccc(Cl)cc1F. The maximum absolute atomic E-state index is 13.5. The van der Waals surface area contributed by atoms with E-state index in [4.69, 9.17) is 11.6 Å². The third-order valence-electron chi connectivity index (χ3n) is 2.50. The van der Waals surface area contributed by atoms with Gasteiger partial charge in [0, 0.05) is 5.02 Å². The zero-order valence-corrected chi connectivity index (χ0v) is 9.94. The molecule has 1 atom stereocenters. The summed E-state index contributed by atoms with van der Waals surface area (Å²) in [5.74, 6) is 0.0211. The highest BCUT2D eigenvalue weighted by atomic mass is 35.5. The van der Waals surface area contributed by atoms with E-state index in [0.717, 1.165) is 25.1 Å². The molecule has 0 aliphatic heterocycles. The van der Waals surface area contributed by atoms with Gasteiger partial charge in [-0.1, -0.05) is 31.5 Å². The van der Waals surface area contributed by atoms with Crippen molar-refractivity contribution in [3.8, 4) is 0 Å². The second kappa shape index (κ2) is 6.09. The second-order valence-electron chi connectivity index (χ2n) is 3.71. The molecule has 1 aromatic rings. The lowest BCUT2D eigenvalue weighted by Gasteiger charge is -2.13. The molecule has 0 saturated heterocycles. The van der Waals surface area contributed by atoms with Gasteiger partial charge in [-0.05, 0) is 43.1 Å². The van der Waals surface area contributed by atoms with Crippen LogP contribution in [0.2, 0.25) is 5.02 Å². The van der Waals surface area contributed by atoms with E-state index < -0.39 is 0 Å². The molecule has 0 amide bonds. The lowest BCUT2D eigenvalue weighted by atomic mass is 9.97. The van der Waals surface area contributed by atoms with Gasteiger partial charge in [-0.2, -0.15) is 0 Å². The summed E-state index contributed by atoms with van der Waals surface area (Å²) < 4.78 is 13.5. The first-order chi connectivity index (χ1) is 7.15. The Balaban J connectivity index is 2.61. The minimum Gasteiger partial charge on any atom is -0.317 e. The molecule has 1 nitrogen and oxygen atoms in total. The monoisotopic (exact) mass is 229 g/mol. The summed E-state index contributed by atoms with van der Waals surface area (Å²) in [4.78, 5) is 0. The van der Waals surface area contributed by atoms with E-state index in [1.54, 1.807) is 12.1 Å². The Morgan fingerprint density at radius 2 is 2.20 bits per heavy atom. The lowest BCUT2D eigenvalue weighted by molar-refractivity contribution is 0.557. The molecule has 1 aromatic carbocycles. The van der Waals surface area contributed by atoms with Crippen molar-refractivity contribution < 1.29 is 4.39 Å². The maximum atomic E-state index is 13.5. The standard InChI is InChI=1S/C12H17ClFN/c1-3-15-7-6-9(2)11-5-4-10(13)8-12(11)14/h4-5,8-9,15H,3,6-7H2,1-2H3. The topological polar surface area (TPSA) is 12.0 Å². The molecule has 0 aromatic heterocycles. The highest BCUT2D eigenvalue weighted by Crippen LogP contribution is 2.24. The van der Waals surface area contributed by atoms with Crippen LogP contribution in [0.15, 0.2) is 18.2 Å². The summed E-state index contributed by atoms with van der Waals surface area (Å²) in [7, 11) is 0. The van der Waals surface area contributed by atoms with Crippen LogP contribution in [0.3, 0.4) is 0 Å². The number of rotatable bonds is 5. The van der Waals surface area contributed by atoms with Gasteiger partial charge in [0.05, 0.1) is 0 Å². The Morgan fingerprint density at radius 1 is 1.47 bits per heavy atom. The molecule has 1 unspecified atom stereocenters. The molecule has 84 valence electrons. The molecule has 1 rings (SSSR count). The van der Waals surface area contributed by atoms with Gasteiger partial charge < -0.3 is 5.32 Å². The van der Waals surface area contributed by atoms with Crippen molar-refractivity contribution in [3.05, 3.63) is 34.6 Å². The molecule has 1 N–H and O–H groups in total. The van der Waals surface area contributed by atoms with Crippen molar-refractivity contribution in [1.29, 1.82) is 0 Å². The van der Waals surface area contributed by atoms with Crippen LogP contribution in [-0.2, 0) is 0 Å². The Kier molecular flexibility index (Phi) is 5.06. The van der Waals surface area contributed by atoms with Crippen LogP contribution in [0.1, 0.15) is 31.7 Å². The van der Waals surface area contributed by atoms with Crippen molar-refractivity contribution in [2.24, 2.45) is 0 Å². The normalized spacial score (nSPS) is 12.8. The highest BCUT2D eigenvalue weighted by molar-refractivity contribution is 6.30. The molecule has 0 heterocycles. The number of hydrogen-bond donors (Lipinski definition) is 1. The summed E-state index contributed by atoms with van der Waals surface area (Å²) in [6.07, 6.45) is 0.937. The van der Waals surface area contributed by atoms with Crippen LogP contribution in [-0.4, -0.2) is 13.1 Å². The average Bonchev–Trinajstić information content (AvgIpc) is 2.17. The van der Waals surface area contributed by atoms with Crippen LogP contribution in [0, 0.1) is 5.82 Å². The summed E-state index contributed by atoms with van der Waals surface area (Å²) in [5, 5.41) is 3.69. The first kappa shape index (κ1) is 12.5. The average molecular weight is 230 g/mol. The Labute approximate surface area is 95.6 Å². The van der Waals surface area contributed by atoms with Crippen molar-refractivity contribution in [2.45, 2.75) is 26.2 Å². The fourth-order valence-corrected chi connectivity index (χ4v) is 1.71. The van der Waals surface area contributed by atoms with Crippen LogP contribution >= 0.6 is 11.6 Å². The van der Waals surface area contributed by atoms with Crippen LogP contribution in [0.4, 0.5) is 4.39 Å². The third-order valence-corrected chi connectivity index (χ3v) is 2.73. The van der Waals surface area contributed by atoms with E-state index >= 15 is 0 Å². The van der Waals surface area contributed by atoms with Crippen molar-refractivity contribution in [3.63, 3.8) is 0 Å². The Bertz CT molecular complexity index is 314. The molecule has 0 bridgehead atoms. The van der Waals surface area contributed by atoms with Crippen molar-refractivity contribution in [2.75, 3.05) is 13.1 Å². The van der Waals surface area contributed by atoms with Gasteiger partial charge in [0.15, 0.2) is 0 Å². The van der Waals surface area contributed by atoms with E-state index in [-0.39, 0.29) is 11.7 Å². The smallest absolute Gasteiger partial charge is 0.128 e. The van der Waals surface area contributed by atoms with Crippen LogP contribution < -0.4 is 5.32 Å². The van der Waals surface area contributed by atoms with Gasteiger partial charge in [0.25, 0.3) is 0 Å². The number of nitrogens with one attached hydrogen (secondary N) is 1.